The van der Waals surface area contributed by atoms with Gasteiger partial charge >= 0.3 is 0 Å². The lowest BCUT2D eigenvalue weighted by atomic mass is 10.0. The van der Waals surface area contributed by atoms with Crippen LogP contribution in [0.25, 0.3) is 22.6 Å². The summed E-state index contributed by atoms with van der Waals surface area (Å²) in [5.41, 5.74) is 63.4. The molecule has 39 heteroatoms. The minimum Gasteiger partial charge on any atom is -0.486 e. The number of furan rings is 3. The summed E-state index contributed by atoms with van der Waals surface area (Å²) in [5.74, 6) is 8.36. The Balaban J connectivity index is 0.000000169. The molecule has 0 atom stereocenters. The van der Waals surface area contributed by atoms with Crippen molar-refractivity contribution < 1.29 is 51.1 Å². The Morgan fingerprint density at radius 3 is 0.695 bits per heavy atom. The van der Waals surface area contributed by atoms with Crippen molar-refractivity contribution in [3.05, 3.63) is 401 Å². The summed E-state index contributed by atoms with van der Waals surface area (Å²) in [4.78, 5) is 17.7. The number of nitrogens with two attached hydrogens (primary N) is 10. The largest absolute Gasteiger partial charge is 0.486 e. The average molecular weight is 1980 g/mol. The van der Waals surface area contributed by atoms with Crippen LogP contribution in [0.3, 0.4) is 0 Å². The molecule has 0 radical (unpaired) electrons. The highest BCUT2D eigenvalue weighted by Crippen LogP contribution is 2.36. The van der Waals surface area contributed by atoms with E-state index < -0.39 is 11.2 Å². The molecule has 0 unspecified atom stereocenters. The van der Waals surface area contributed by atoms with Gasteiger partial charge in [0.2, 0.25) is 0 Å². The smallest absolute Gasteiger partial charge is 0.147 e. The summed E-state index contributed by atoms with van der Waals surface area (Å²) >= 11 is 24.6. The lowest BCUT2D eigenvalue weighted by Gasteiger charge is -2.28. The number of benzene rings is 10. The molecule has 0 aliphatic rings. The van der Waals surface area contributed by atoms with Gasteiger partial charge in [0.05, 0.1) is 56.3 Å². The number of ether oxygens (including phenoxy) is 8. The molecule has 30 N–H and O–H groups in total. The number of aromatic nitrogens is 4. The van der Waals surface area contributed by atoms with Crippen molar-refractivity contribution in [3.63, 3.8) is 0 Å². The van der Waals surface area contributed by atoms with E-state index in [1.54, 1.807) is 231 Å². The van der Waals surface area contributed by atoms with E-state index in [2.05, 4.69) is 19.9 Å². The van der Waals surface area contributed by atoms with Gasteiger partial charge in [-0.05, 0) is 234 Å². The lowest BCUT2D eigenvalue weighted by Crippen LogP contribution is -2.30. The van der Waals surface area contributed by atoms with Crippen molar-refractivity contribution in [1.29, 1.82) is 54.1 Å². The fraction of sp³-hybridized carbons (Fsp3) is 0.118. The zero-order valence-corrected chi connectivity index (χ0v) is 79.4. The SMILES string of the molecule is CC(C)(Oc1ccc(C(=N)N)cc1)c1cnc(C(C)(C)Oc2ccc(C(=N)N)cc2)cn1.N=C(N)c1ccc(-c2ccc(-c3ccc(C(=N)N)cc3)o2)cc1.N=C(N)c1ccc(OCc2ccc(COc3ccc(C(=N)N)cc3)o2)cc1.N=C(N)c1ccc(OCc2ccc(COc3ccc(C(=N)N)cc3Cl)o2)c(Cl)c1.N=C(N)c1ccc(OCc2cnc(COc3ccc(C(=N)N)cc3Cl)cn2)c(Cl)c1. The second-order valence-electron chi connectivity index (χ2n) is 31.6. The molecule has 0 amide bonds. The molecule has 0 spiro atoms. The number of halogens is 4. The van der Waals surface area contributed by atoms with Crippen molar-refractivity contribution in [2.45, 2.75) is 78.5 Å². The van der Waals surface area contributed by atoms with Crippen LogP contribution in [0.15, 0.2) is 293 Å². The first-order chi connectivity index (χ1) is 67.2. The van der Waals surface area contributed by atoms with Gasteiger partial charge in [-0.25, -0.2) is 0 Å². The van der Waals surface area contributed by atoms with Crippen molar-refractivity contribution in [2.75, 3.05) is 0 Å². The van der Waals surface area contributed by atoms with E-state index >= 15 is 0 Å². The maximum atomic E-state index is 7.48. The highest BCUT2D eigenvalue weighted by molar-refractivity contribution is 6.33. The number of nitrogens with zero attached hydrogens (tertiary/aromatic N) is 4. The highest BCUT2D eigenvalue weighted by Gasteiger charge is 2.30. The third kappa shape index (κ3) is 30.5. The first kappa shape index (κ1) is 104. The minimum absolute atomic E-state index is 0.0110. The molecule has 0 fully saturated rings. The topological polar surface area (TPSA) is 664 Å². The van der Waals surface area contributed by atoms with Crippen molar-refractivity contribution in [2.24, 2.45) is 57.3 Å². The van der Waals surface area contributed by atoms with Gasteiger partial charge in [0.1, 0.15) is 201 Å². The predicted octanol–water partition coefficient (Wildman–Crippen LogP) is 17.7. The zero-order valence-electron chi connectivity index (χ0n) is 76.4. The standard InChI is InChI=1S/C24H28N6O2.C20H18Cl2N6O2.C20H18Cl2N4O3.C20H20N4O3.C18H16N4O/c1-23(2,31-17-9-5-15(6-10-17)21(25)26)19-13-30-20(14-29-19)24(3,4)32-18-11-7-16(8-12-18)22(27)28;21-15-5-11(19(23)24)1-3-17(15)29-9-13-7-28-14(8-27-13)10-30-18-4-2-12(20(25)26)6-16(18)22;21-15-7-11(19(23)24)1-5-17(15)27-9-13-3-4-14(29-13)10-28-18-6-2-12(20(25)26)8-16(18)22;21-19(22)13-1-5-15(6-2-13)25-11-17-9-10-18(27-17)12-26-16-7-3-14(4-8-16)20(23)24;19-17(20)13-5-1-11(2-6-13)15-9-10-16(23-15)12-3-7-14(8-4-12)18(21)22/h5-14H,1-4H3,(H3,25,26)(H3,27,28);1-8H,9-10H2,(H3,23,24)(H3,25,26);1-8H,9-10H2,(H3,23,24)(H3,25,26);1-10H,11-12H2,(H3,21,22)(H3,23,24);1-10H,(H3,19,20)(H3,21,22). The maximum Gasteiger partial charge on any atom is 0.147 e. The summed E-state index contributed by atoms with van der Waals surface area (Å²) in [6.07, 6.45) is 6.53. The Labute approximate surface area is 830 Å². The molecule has 0 saturated carbocycles. The molecule has 5 aromatic heterocycles. The third-order valence-electron chi connectivity index (χ3n) is 20.3. The van der Waals surface area contributed by atoms with Crippen LogP contribution in [0.4, 0.5) is 0 Å². The molecule has 15 rings (SSSR count). The van der Waals surface area contributed by atoms with Gasteiger partial charge in [-0.15, -0.1) is 0 Å². The Kier molecular flexibility index (Phi) is 35.6. The van der Waals surface area contributed by atoms with Gasteiger partial charge in [-0.1, -0.05) is 94.9 Å². The predicted molar refractivity (Wildman–Crippen MR) is 546 cm³/mol. The van der Waals surface area contributed by atoms with Crippen LogP contribution < -0.4 is 95.2 Å². The second-order valence-corrected chi connectivity index (χ2v) is 33.2. The van der Waals surface area contributed by atoms with E-state index in [0.717, 1.165) is 22.6 Å². The van der Waals surface area contributed by atoms with Gasteiger partial charge < -0.3 is 108 Å². The molecule has 0 aliphatic heterocycles. The summed E-state index contributed by atoms with van der Waals surface area (Å²) < 4.78 is 63.4. The molecule has 5 heterocycles. The molecular formula is C102H100Cl4N24O11. The van der Waals surface area contributed by atoms with Gasteiger partial charge in [-0.3, -0.25) is 74.0 Å². The van der Waals surface area contributed by atoms with Crippen molar-refractivity contribution in [3.8, 4) is 68.6 Å². The molecule has 10 aromatic carbocycles. The molecule has 0 bridgehead atoms. The summed E-state index contributed by atoms with van der Waals surface area (Å²) in [6.45, 7) is 8.90. The number of hydrogen-bond donors (Lipinski definition) is 20. The molecule has 722 valence electrons. The molecule has 0 aliphatic carbocycles. The maximum absolute atomic E-state index is 7.48. The Morgan fingerprint density at radius 2 is 0.468 bits per heavy atom. The van der Waals surface area contributed by atoms with Crippen LogP contribution in [0, 0.1) is 54.1 Å². The minimum atomic E-state index is -0.725. The number of hydrogen-bond acceptors (Lipinski definition) is 25. The van der Waals surface area contributed by atoms with Crippen LogP contribution >= 0.6 is 46.4 Å². The molecule has 141 heavy (non-hydrogen) atoms. The normalized spacial score (nSPS) is 10.7. The van der Waals surface area contributed by atoms with Crippen LogP contribution in [-0.2, 0) is 50.8 Å². The number of nitrogens with one attached hydrogen (secondary N) is 10. The summed E-state index contributed by atoms with van der Waals surface area (Å²) in [5, 5.41) is 75.6. The fourth-order valence-electron chi connectivity index (χ4n) is 12.5. The lowest BCUT2D eigenvalue weighted by molar-refractivity contribution is 0.0964. The molecule has 0 saturated heterocycles. The van der Waals surface area contributed by atoms with Crippen LogP contribution in [-0.4, -0.2) is 78.3 Å². The van der Waals surface area contributed by atoms with Crippen LogP contribution in [0.1, 0.15) is 129 Å². The zero-order chi connectivity index (χ0) is 102. The molecular weight excluding hydrogens is 1880 g/mol. The van der Waals surface area contributed by atoms with E-state index in [1.807, 2.05) is 76.2 Å². The quantitative estimate of drug-likeness (QED) is 0.0128. The van der Waals surface area contributed by atoms with Crippen LogP contribution in [0.2, 0.25) is 20.1 Å². The Hall–Kier alpha value is -17.5. The van der Waals surface area contributed by atoms with Crippen molar-refractivity contribution >= 4 is 105 Å². The van der Waals surface area contributed by atoms with Crippen molar-refractivity contribution in [1.82, 2.24) is 19.9 Å². The Bertz CT molecular complexity index is 6580. The van der Waals surface area contributed by atoms with Gasteiger partial charge in [0.15, 0.2) is 0 Å². The Morgan fingerprint density at radius 1 is 0.248 bits per heavy atom. The monoisotopic (exact) mass is 1980 g/mol. The fourth-order valence-corrected chi connectivity index (χ4v) is 13.5. The van der Waals surface area contributed by atoms with E-state index in [0.29, 0.717) is 168 Å². The van der Waals surface area contributed by atoms with E-state index in [4.69, 9.17) is 209 Å². The summed E-state index contributed by atoms with van der Waals surface area (Å²) in [7, 11) is 0. The van der Waals surface area contributed by atoms with E-state index in [-0.39, 0.29) is 98.0 Å². The van der Waals surface area contributed by atoms with E-state index in [1.165, 1.54) is 0 Å². The van der Waals surface area contributed by atoms with Gasteiger partial charge in [0.25, 0.3) is 0 Å². The second kappa shape index (κ2) is 48.3. The first-order valence-electron chi connectivity index (χ1n) is 42.5. The van der Waals surface area contributed by atoms with E-state index in [9.17, 15) is 0 Å². The first-order valence-corrected chi connectivity index (χ1v) is 44.0. The van der Waals surface area contributed by atoms with Crippen LogP contribution in [0.5, 0.6) is 46.0 Å². The molecule has 35 nitrogen and oxygen atoms in total. The highest BCUT2D eigenvalue weighted by atomic mass is 35.5. The third-order valence-corrected chi connectivity index (χ3v) is 21.5. The number of rotatable bonds is 36. The number of nitrogen functional groups attached to an aromatic ring is 10. The number of amidine groups is 10. The van der Waals surface area contributed by atoms with Gasteiger partial charge in [-0.2, -0.15) is 0 Å². The van der Waals surface area contributed by atoms with Gasteiger partial charge in [0, 0.05) is 66.8 Å². The molecule has 15 aromatic rings. The average Bonchev–Trinajstić information content (AvgIpc) is 1.52. The summed E-state index contributed by atoms with van der Waals surface area (Å²) in [6, 6.07) is 73.2.